The van der Waals surface area contributed by atoms with Crippen molar-refractivity contribution in [3.63, 3.8) is 0 Å². The van der Waals surface area contributed by atoms with E-state index in [1.165, 1.54) is 6.07 Å². The second-order valence-corrected chi connectivity index (χ2v) is 7.13. The molecule has 2 aliphatic rings. The van der Waals surface area contributed by atoms with Gasteiger partial charge in [-0.05, 0) is 24.8 Å². The van der Waals surface area contributed by atoms with Crippen molar-refractivity contribution in [2.45, 2.75) is 31.9 Å². The summed E-state index contributed by atoms with van der Waals surface area (Å²) in [5, 5.41) is 2.89. The Hall–Kier alpha value is -2.51. The first-order valence-corrected chi connectivity index (χ1v) is 9.48. The van der Waals surface area contributed by atoms with E-state index in [1.54, 1.807) is 0 Å². The summed E-state index contributed by atoms with van der Waals surface area (Å²) >= 11 is 0. The molecule has 0 aliphatic carbocycles. The summed E-state index contributed by atoms with van der Waals surface area (Å²) in [5.41, 5.74) is 2.53. The fourth-order valence-corrected chi connectivity index (χ4v) is 3.62. The molecule has 7 heteroatoms. The van der Waals surface area contributed by atoms with Gasteiger partial charge in [-0.25, -0.2) is 4.98 Å². The van der Waals surface area contributed by atoms with E-state index >= 15 is 0 Å². The van der Waals surface area contributed by atoms with E-state index in [2.05, 4.69) is 20.2 Å². The van der Waals surface area contributed by atoms with Crippen LogP contribution in [0.25, 0.3) is 11.4 Å². The molecule has 2 N–H and O–H groups in total. The van der Waals surface area contributed by atoms with Gasteiger partial charge in [0.15, 0.2) is 0 Å². The first-order valence-electron chi connectivity index (χ1n) is 9.48. The third kappa shape index (κ3) is 4.43. The van der Waals surface area contributed by atoms with Gasteiger partial charge in [-0.15, -0.1) is 0 Å². The van der Waals surface area contributed by atoms with Gasteiger partial charge in [0, 0.05) is 37.9 Å². The number of carbonyl (C=O) groups excluding carboxylic acids is 1. The Morgan fingerprint density at radius 2 is 2.04 bits per heavy atom. The van der Waals surface area contributed by atoms with Crippen molar-refractivity contribution >= 4 is 5.91 Å². The van der Waals surface area contributed by atoms with Crippen molar-refractivity contribution in [1.82, 2.24) is 20.2 Å². The molecule has 0 saturated carbocycles. The van der Waals surface area contributed by atoms with Gasteiger partial charge in [0.05, 0.1) is 18.3 Å². The zero-order valence-corrected chi connectivity index (χ0v) is 15.2. The van der Waals surface area contributed by atoms with Gasteiger partial charge in [-0.3, -0.25) is 14.5 Å². The molecule has 142 valence electrons. The van der Waals surface area contributed by atoms with Gasteiger partial charge in [0.2, 0.25) is 5.91 Å². The molecule has 2 fully saturated rings. The van der Waals surface area contributed by atoms with Crippen LogP contribution >= 0.6 is 0 Å². The Morgan fingerprint density at radius 3 is 2.81 bits per heavy atom. The molecule has 4 rings (SSSR count). The van der Waals surface area contributed by atoms with Crippen LogP contribution in [-0.4, -0.2) is 47.0 Å². The third-order valence-electron chi connectivity index (χ3n) is 5.00. The van der Waals surface area contributed by atoms with E-state index in [0.29, 0.717) is 18.1 Å². The second-order valence-electron chi connectivity index (χ2n) is 7.13. The zero-order valence-electron chi connectivity index (χ0n) is 15.2. The Kier molecular flexibility index (Phi) is 5.31. The van der Waals surface area contributed by atoms with Crippen LogP contribution in [0.1, 0.15) is 36.6 Å². The Labute approximate surface area is 157 Å². The summed E-state index contributed by atoms with van der Waals surface area (Å²) in [6, 6.07) is 9.50. The third-order valence-corrected chi connectivity index (χ3v) is 5.00. The Bertz CT molecular complexity index is 856. The molecule has 7 nitrogen and oxygen atoms in total. The molecule has 1 amide bonds. The summed E-state index contributed by atoms with van der Waals surface area (Å²) in [7, 11) is 0. The number of aromatic amines is 1. The van der Waals surface area contributed by atoms with Crippen molar-refractivity contribution < 1.29 is 9.53 Å². The van der Waals surface area contributed by atoms with Crippen LogP contribution in [0.3, 0.4) is 0 Å². The van der Waals surface area contributed by atoms with Crippen molar-refractivity contribution in [2.24, 2.45) is 0 Å². The molecule has 2 aromatic rings. The summed E-state index contributed by atoms with van der Waals surface area (Å²) in [6.45, 7) is 3.53. The van der Waals surface area contributed by atoms with Crippen molar-refractivity contribution in [3.05, 3.63) is 51.9 Å². The van der Waals surface area contributed by atoms with Crippen LogP contribution in [0.4, 0.5) is 0 Å². The normalized spacial score (nSPS) is 21.0. The molecule has 0 radical (unpaired) electrons. The van der Waals surface area contributed by atoms with Gasteiger partial charge in [0.25, 0.3) is 5.56 Å². The Balaban J connectivity index is 1.50. The standard InChI is InChI=1S/C20H24N4O3/c25-18-11-16(17-3-1-10-27-17)22-20(23-18)15-6-4-14(5-7-15)12-24-9-2-8-21-19(26)13-24/h4-7,11,17H,1-3,8-10,12-13H2,(H,21,26)(H,22,23,25). The number of carbonyl (C=O) groups is 1. The Morgan fingerprint density at radius 1 is 1.19 bits per heavy atom. The van der Waals surface area contributed by atoms with Crippen LogP contribution in [0.5, 0.6) is 0 Å². The number of nitrogens with one attached hydrogen (secondary N) is 2. The number of amides is 1. The lowest BCUT2D eigenvalue weighted by molar-refractivity contribution is -0.121. The number of ether oxygens (including phenoxy) is 1. The van der Waals surface area contributed by atoms with Gasteiger partial charge in [0.1, 0.15) is 5.82 Å². The number of nitrogens with zero attached hydrogens (tertiary/aromatic N) is 2. The number of benzene rings is 1. The molecular formula is C20H24N4O3. The van der Waals surface area contributed by atoms with Gasteiger partial charge >= 0.3 is 0 Å². The zero-order chi connectivity index (χ0) is 18.6. The molecular weight excluding hydrogens is 344 g/mol. The second kappa shape index (κ2) is 8.02. The van der Waals surface area contributed by atoms with E-state index in [0.717, 1.165) is 56.6 Å². The largest absolute Gasteiger partial charge is 0.372 e. The first kappa shape index (κ1) is 17.9. The van der Waals surface area contributed by atoms with Gasteiger partial charge in [-0.1, -0.05) is 24.3 Å². The quantitative estimate of drug-likeness (QED) is 0.856. The number of H-pyrrole nitrogens is 1. The fourth-order valence-electron chi connectivity index (χ4n) is 3.62. The predicted octanol–water partition coefficient (Wildman–Crippen LogP) is 1.61. The minimum Gasteiger partial charge on any atom is -0.372 e. The lowest BCUT2D eigenvalue weighted by Crippen LogP contribution is -2.32. The first-order chi connectivity index (χ1) is 13.2. The van der Waals surface area contributed by atoms with Crippen LogP contribution < -0.4 is 10.9 Å². The van der Waals surface area contributed by atoms with Crippen molar-refractivity contribution in [2.75, 3.05) is 26.2 Å². The SMILES string of the molecule is O=C1CN(Cc2ccc(-c3nc(C4CCCO4)cc(=O)[nH]3)cc2)CCCN1. The van der Waals surface area contributed by atoms with Crippen molar-refractivity contribution in [1.29, 1.82) is 0 Å². The molecule has 2 aliphatic heterocycles. The number of hydrogen-bond donors (Lipinski definition) is 2. The highest BCUT2D eigenvalue weighted by atomic mass is 16.5. The summed E-state index contributed by atoms with van der Waals surface area (Å²) in [4.78, 5) is 33.3. The molecule has 1 aromatic heterocycles. The van der Waals surface area contributed by atoms with E-state index in [9.17, 15) is 9.59 Å². The van der Waals surface area contributed by atoms with E-state index < -0.39 is 0 Å². The maximum Gasteiger partial charge on any atom is 0.251 e. The maximum atomic E-state index is 12.0. The van der Waals surface area contributed by atoms with E-state index in [-0.39, 0.29) is 17.6 Å². The average molecular weight is 368 g/mol. The van der Waals surface area contributed by atoms with Crippen LogP contribution in [-0.2, 0) is 16.1 Å². The lowest BCUT2D eigenvalue weighted by Gasteiger charge is -2.18. The van der Waals surface area contributed by atoms with Crippen LogP contribution in [0, 0.1) is 0 Å². The highest BCUT2D eigenvalue weighted by Crippen LogP contribution is 2.27. The highest BCUT2D eigenvalue weighted by Gasteiger charge is 2.20. The topological polar surface area (TPSA) is 87.3 Å². The molecule has 1 aromatic carbocycles. The van der Waals surface area contributed by atoms with Crippen LogP contribution in [0.2, 0.25) is 0 Å². The molecule has 0 spiro atoms. The molecule has 27 heavy (non-hydrogen) atoms. The molecule has 3 heterocycles. The molecule has 1 unspecified atom stereocenters. The maximum absolute atomic E-state index is 12.0. The monoisotopic (exact) mass is 368 g/mol. The summed E-state index contributed by atoms with van der Waals surface area (Å²) in [5.74, 6) is 0.644. The number of hydrogen-bond acceptors (Lipinski definition) is 5. The minimum atomic E-state index is -0.162. The highest BCUT2D eigenvalue weighted by molar-refractivity contribution is 5.78. The lowest BCUT2D eigenvalue weighted by atomic mass is 10.1. The molecule has 2 saturated heterocycles. The summed E-state index contributed by atoms with van der Waals surface area (Å²) in [6.07, 6.45) is 2.78. The number of aromatic nitrogens is 2. The average Bonchev–Trinajstić information content (AvgIpc) is 3.12. The molecule has 1 atom stereocenters. The van der Waals surface area contributed by atoms with Crippen LogP contribution in [0.15, 0.2) is 35.1 Å². The van der Waals surface area contributed by atoms with E-state index in [4.69, 9.17) is 4.74 Å². The van der Waals surface area contributed by atoms with Gasteiger partial charge < -0.3 is 15.0 Å². The minimum absolute atomic E-state index is 0.0804. The fraction of sp³-hybridized carbons (Fsp3) is 0.450. The van der Waals surface area contributed by atoms with Gasteiger partial charge in [-0.2, -0.15) is 0 Å². The smallest absolute Gasteiger partial charge is 0.251 e. The predicted molar refractivity (Wildman–Crippen MR) is 101 cm³/mol. The van der Waals surface area contributed by atoms with E-state index in [1.807, 2.05) is 24.3 Å². The number of rotatable bonds is 4. The van der Waals surface area contributed by atoms with Crippen molar-refractivity contribution in [3.8, 4) is 11.4 Å². The summed E-state index contributed by atoms with van der Waals surface area (Å²) < 4.78 is 5.65. The molecule has 0 bridgehead atoms.